The maximum absolute atomic E-state index is 3.49. The van der Waals surface area contributed by atoms with Crippen molar-refractivity contribution in [2.24, 2.45) is 0 Å². The summed E-state index contributed by atoms with van der Waals surface area (Å²) in [4.78, 5) is 0. The molecule has 0 aliphatic heterocycles. The van der Waals surface area contributed by atoms with Gasteiger partial charge in [-0.3, -0.25) is 0 Å². The molecule has 1 aromatic rings. The van der Waals surface area contributed by atoms with Crippen LogP contribution >= 0.6 is 31.9 Å². The summed E-state index contributed by atoms with van der Waals surface area (Å²) in [6.07, 6.45) is 4.18. The Morgan fingerprint density at radius 3 is 2.85 bits per heavy atom. The minimum atomic E-state index is 0.888. The van der Waals surface area contributed by atoms with E-state index < -0.39 is 0 Å². The third kappa shape index (κ3) is 3.63. The fourth-order valence-corrected chi connectivity index (χ4v) is 1.70. The lowest BCUT2D eigenvalue weighted by Crippen LogP contribution is -2.03. The van der Waals surface area contributed by atoms with Crippen molar-refractivity contribution in [3.63, 3.8) is 0 Å². The molecule has 0 radical (unpaired) electrons. The maximum Gasteiger partial charge on any atom is 0.0248 e. The van der Waals surface area contributed by atoms with Gasteiger partial charge in [-0.1, -0.05) is 44.0 Å². The topological polar surface area (TPSA) is 12.0 Å². The molecular formula is C10H11Br2N. The van der Waals surface area contributed by atoms with Crippen LogP contribution in [0.4, 0.5) is 0 Å². The number of likely N-dealkylation sites (N-methyl/N-ethyl adjacent to an activating group) is 1. The van der Waals surface area contributed by atoms with Gasteiger partial charge in [-0.25, -0.2) is 0 Å². The number of halogens is 2. The molecule has 1 aromatic carbocycles. The third-order valence-electron chi connectivity index (χ3n) is 1.58. The van der Waals surface area contributed by atoms with Gasteiger partial charge in [0.25, 0.3) is 0 Å². The molecule has 70 valence electrons. The molecule has 3 heteroatoms. The summed E-state index contributed by atoms with van der Waals surface area (Å²) >= 11 is 6.92. The second-order valence-corrected chi connectivity index (χ2v) is 4.40. The molecule has 0 aliphatic carbocycles. The van der Waals surface area contributed by atoms with E-state index in [4.69, 9.17) is 0 Å². The van der Waals surface area contributed by atoms with Crippen LogP contribution in [0.25, 0.3) is 6.08 Å². The molecule has 13 heavy (non-hydrogen) atoms. The smallest absolute Gasteiger partial charge is 0.0248 e. The van der Waals surface area contributed by atoms with Gasteiger partial charge in [0.2, 0.25) is 0 Å². The average Bonchev–Trinajstić information content (AvgIpc) is 2.11. The van der Waals surface area contributed by atoms with Gasteiger partial charge in [0.05, 0.1) is 0 Å². The summed E-state index contributed by atoms with van der Waals surface area (Å²) in [6, 6.07) is 6.12. The van der Waals surface area contributed by atoms with Crippen LogP contribution in [0.3, 0.4) is 0 Å². The minimum Gasteiger partial charge on any atom is -0.316 e. The van der Waals surface area contributed by atoms with Crippen molar-refractivity contribution in [2.75, 3.05) is 13.6 Å². The third-order valence-corrected chi connectivity index (χ3v) is 2.79. The van der Waals surface area contributed by atoms with Crippen LogP contribution in [0.2, 0.25) is 0 Å². The molecule has 1 nitrogen and oxygen atoms in total. The van der Waals surface area contributed by atoms with Gasteiger partial charge in [-0.2, -0.15) is 0 Å². The van der Waals surface area contributed by atoms with Gasteiger partial charge in [0.15, 0.2) is 0 Å². The largest absolute Gasteiger partial charge is 0.316 e. The van der Waals surface area contributed by atoms with Crippen molar-refractivity contribution < 1.29 is 0 Å². The molecule has 0 unspecified atom stereocenters. The van der Waals surface area contributed by atoms with Gasteiger partial charge < -0.3 is 5.32 Å². The predicted octanol–water partition coefficient (Wildman–Crippen LogP) is 3.44. The van der Waals surface area contributed by atoms with Gasteiger partial charge in [0.1, 0.15) is 0 Å². The second-order valence-electron chi connectivity index (χ2n) is 2.63. The highest BCUT2D eigenvalue weighted by Gasteiger charge is 1.95. The zero-order valence-corrected chi connectivity index (χ0v) is 10.5. The molecule has 0 aliphatic rings. The standard InChI is InChI=1S/C10H11Br2N/c1-13-6-2-3-8-7-9(11)4-5-10(8)12/h2-5,7,13H,6H2,1H3. The van der Waals surface area contributed by atoms with Crippen LogP contribution in [-0.4, -0.2) is 13.6 Å². The van der Waals surface area contributed by atoms with Crippen LogP contribution in [0.5, 0.6) is 0 Å². The van der Waals surface area contributed by atoms with E-state index in [1.165, 1.54) is 5.56 Å². The highest BCUT2D eigenvalue weighted by atomic mass is 79.9. The Morgan fingerprint density at radius 1 is 1.38 bits per heavy atom. The lowest BCUT2D eigenvalue weighted by Gasteiger charge is -1.99. The predicted molar refractivity (Wildman–Crippen MR) is 64.8 cm³/mol. The first kappa shape index (κ1) is 11.0. The van der Waals surface area contributed by atoms with E-state index in [1.54, 1.807) is 0 Å². The summed E-state index contributed by atoms with van der Waals surface area (Å²) in [7, 11) is 1.93. The number of rotatable bonds is 3. The lowest BCUT2D eigenvalue weighted by atomic mass is 10.2. The molecule has 0 atom stereocenters. The zero-order chi connectivity index (χ0) is 9.68. The van der Waals surface area contributed by atoms with Crippen LogP contribution < -0.4 is 5.32 Å². The fourth-order valence-electron chi connectivity index (χ4n) is 0.946. The Bertz CT molecular complexity index is 308. The minimum absolute atomic E-state index is 0.888. The molecule has 0 amide bonds. The molecule has 0 bridgehead atoms. The van der Waals surface area contributed by atoms with E-state index in [0.717, 1.165) is 15.5 Å². The Balaban J connectivity index is 2.81. The van der Waals surface area contributed by atoms with Crippen molar-refractivity contribution in [3.8, 4) is 0 Å². The summed E-state index contributed by atoms with van der Waals surface area (Å²) in [5, 5.41) is 3.06. The molecule has 1 rings (SSSR count). The molecule has 0 fully saturated rings. The molecular weight excluding hydrogens is 294 g/mol. The van der Waals surface area contributed by atoms with Crippen LogP contribution in [-0.2, 0) is 0 Å². The Morgan fingerprint density at radius 2 is 2.15 bits per heavy atom. The molecule has 0 spiro atoms. The van der Waals surface area contributed by atoms with Crippen LogP contribution in [0.1, 0.15) is 5.56 Å². The van der Waals surface area contributed by atoms with E-state index in [9.17, 15) is 0 Å². The normalized spacial score (nSPS) is 11.0. The highest BCUT2D eigenvalue weighted by molar-refractivity contribution is 9.11. The summed E-state index contributed by atoms with van der Waals surface area (Å²) in [6.45, 7) is 0.888. The fraction of sp³-hybridized carbons (Fsp3) is 0.200. The molecule has 0 heterocycles. The maximum atomic E-state index is 3.49. The first-order valence-electron chi connectivity index (χ1n) is 4.00. The van der Waals surface area contributed by atoms with Crippen molar-refractivity contribution in [3.05, 3.63) is 38.8 Å². The van der Waals surface area contributed by atoms with Crippen molar-refractivity contribution in [1.82, 2.24) is 5.32 Å². The van der Waals surface area contributed by atoms with Crippen molar-refractivity contribution in [2.45, 2.75) is 0 Å². The highest BCUT2D eigenvalue weighted by Crippen LogP contribution is 2.22. The molecule has 0 aromatic heterocycles. The number of benzene rings is 1. The van der Waals surface area contributed by atoms with E-state index in [2.05, 4.69) is 55.4 Å². The van der Waals surface area contributed by atoms with E-state index >= 15 is 0 Å². The Kier molecular flexibility index (Phi) is 4.70. The molecule has 0 saturated carbocycles. The average molecular weight is 305 g/mol. The SMILES string of the molecule is CNCC=Cc1cc(Br)ccc1Br. The monoisotopic (exact) mass is 303 g/mol. The van der Waals surface area contributed by atoms with E-state index in [0.29, 0.717) is 0 Å². The van der Waals surface area contributed by atoms with Crippen molar-refractivity contribution in [1.29, 1.82) is 0 Å². The van der Waals surface area contributed by atoms with Crippen LogP contribution in [0.15, 0.2) is 33.2 Å². The Hall–Kier alpha value is -0.120. The van der Waals surface area contributed by atoms with Gasteiger partial charge in [-0.15, -0.1) is 0 Å². The number of nitrogens with one attached hydrogen (secondary N) is 1. The van der Waals surface area contributed by atoms with Gasteiger partial charge >= 0.3 is 0 Å². The lowest BCUT2D eigenvalue weighted by molar-refractivity contribution is 0.922. The quantitative estimate of drug-likeness (QED) is 0.902. The first-order valence-corrected chi connectivity index (χ1v) is 5.59. The van der Waals surface area contributed by atoms with E-state index in [-0.39, 0.29) is 0 Å². The number of hydrogen-bond acceptors (Lipinski definition) is 1. The Labute approximate surface area is 95.5 Å². The van der Waals surface area contributed by atoms with Crippen molar-refractivity contribution >= 4 is 37.9 Å². The summed E-state index contributed by atoms with van der Waals surface area (Å²) in [5.74, 6) is 0. The molecule has 1 N–H and O–H groups in total. The molecule has 0 saturated heterocycles. The number of hydrogen-bond donors (Lipinski definition) is 1. The van der Waals surface area contributed by atoms with Crippen LogP contribution in [0, 0.1) is 0 Å². The first-order chi connectivity index (χ1) is 6.24. The second kappa shape index (κ2) is 5.58. The van der Waals surface area contributed by atoms with E-state index in [1.807, 2.05) is 19.2 Å². The van der Waals surface area contributed by atoms with Gasteiger partial charge in [0, 0.05) is 15.5 Å². The van der Waals surface area contributed by atoms with Gasteiger partial charge in [-0.05, 0) is 30.8 Å². The zero-order valence-electron chi connectivity index (χ0n) is 7.35. The summed E-state index contributed by atoms with van der Waals surface area (Å²) < 4.78 is 2.21. The summed E-state index contributed by atoms with van der Waals surface area (Å²) in [5.41, 5.74) is 1.18.